The Hall–Kier alpha value is -3.72. The van der Waals surface area contributed by atoms with E-state index in [4.69, 9.17) is 19.2 Å². The largest absolute Gasteiger partial charge is 0.493 e. The molecule has 3 aliphatic heterocycles. The second-order valence-electron chi connectivity index (χ2n) is 9.55. The number of benzene rings is 2. The number of ether oxygens (including phenoxy) is 3. The SMILES string of the molecule is CCC1=C(C(=O)OC)[C@H](c2ccc(OCc3ccccc3)c(OC)c2)N2C(CC(=O)N3CCCC3)=CSC2=N1. The van der Waals surface area contributed by atoms with E-state index in [1.165, 1.54) is 18.9 Å². The molecule has 5 rings (SSSR count). The number of aliphatic imine (C=N–C) groups is 1. The van der Waals surface area contributed by atoms with Crippen LogP contribution in [0.1, 0.15) is 49.8 Å². The van der Waals surface area contributed by atoms with Crippen molar-refractivity contribution in [3.05, 3.63) is 82.0 Å². The lowest BCUT2D eigenvalue weighted by Gasteiger charge is -2.37. The first-order valence-corrected chi connectivity index (χ1v) is 14.1. The van der Waals surface area contributed by atoms with Crippen molar-refractivity contribution in [2.75, 3.05) is 27.3 Å². The first kappa shape index (κ1) is 26.9. The second kappa shape index (κ2) is 12.0. The summed E-state index contributed by atoms with van der Waals surface area (Å²) in [6.07, 6.45) is 2.88. The third-order valence-electron chi connectivity index (χ3n) is 7.16. The van der Waals surface area contributed by atoms with Crippen molar-refractivity contribution < 1.29 is 23.8 Å². The highest BCUT2D eigenvalue weighted by Crippen LogP contribution is 2.47. The maximum Gasteiger partial charge on any atom is 0.338 e. The van der Waals surface area contributed by atoms with Gasteiger partial charge >= 0.3 is 5.97 Å². The van der Waals surface area contributed by atoms with Gasteiger partial charge in [-0.25, -0.2) is 9.79 Å². The van der Waals surface area contributed by atoms with Crippen LogP contribution >= 0.6 is 11.8 Å². The number of hydrogen-bond donors (Lipinski definition) is 0. The molecule has 8 nitrogen and oxygen atoms in total. The summed E-state index contributed by atoms with van der Waals surface area (Å²) in [6.45, 7) is 3.95. The van der Waals surface area contributed by atoms with E-state index in [2.05, 4.69) is 0 Å². The van der Waals surface area contributed by atoms with Crippen molar-refractivity contribution in [2.24, 2.45) is 4.99 Å². The third-order valence-corrected chi connectivity index (χ3v) is 8.05. The molecule has 0 aliphatic carbocycles. The molecule has 1 saturated heterocycles. The van der Waals surface area contributed by atoms with Gasteiger partial charge in [0.05, 0.1) is 38.0 Å². The van der Waals surface area contributed by atoms with Gasteiger partial charge in [0.1, 0.15) is 6.61 Å². The molecule has 39 heavy (non-hydrogen) atoms. The van der Waals surface area contributed by atoms with E-state index in [0.29, 0.717) is 35.8 Å². The minimum absolute atomic E-state index is 0.0893. The van der Waals surface area contributed by atoms with E-state index in [9.17, 15) is 9.59 Å². The van der Waals surface area contributed by atoms with Crippen LogP contribution in [-0.4, -0.2) is 54.2 Å². The molecule has 0 saturated carbocycles. The van der Waals surface area contributed by atoms with Crippen LogP contribution in [0.25, 0.3) is 0 Å². The number of nitrogens with zero attached hydrogens (tertiary/aromatic N) is 3. The number of amides is 1. The van der Waals surface area contributed by atoms with Crippen LogP contribution in [0.3, 0.4) is 0 Å². The van der Waals surface area contributed by atoms with Crippen molar-refractivity contribution in [2.45, 2.75) is 45.3 Å². The van der Waals surface area contributed by atoms with Gasteiger partial charge in [0.2, 0.25) is 5.91 Å². The lowest BCUT2D eigenvalue weighted by atomic mass is 9.92. The lowest BCUT2D eigenvalue weighted by molar-refractivity contribution is -0.136. The molecule has 204 valence electrons. The number of allylic oxidation sites excluding steroid dienone is 1. The molecule has 0 radical (unpaired) electrons. The Kier molecular flexibility index (Phi) is 8.26. The Morgan fingerprint density at radius 3 is 2.51 bits per heavy atom. The summed E-state index contributed by atoms with van der Waals surface area (Å²) in [5.41, 5.74) is 3.83. The number of hydrogen-bond acceptors (Lipinski definition) is 8. The zero-order valence-corrected chi connectivity index (χ0v) is 23.3. The number of fused-ring (bicyclic) bond motifs is 1. The van der Waals surface area contributed by atoms with E-state index in [1.54, 1.807) is 7.11 Å². The summed E-state index contributed by atoms with van der Waals surface area (Å²) in [7, 11) is 2.98. The van der Waals surface area contributed by atoms with Gasteiger partial charge in [-0.05, 0) is 47.9 Å². The highest BCUT2D eigenvalue weighted by atomic mass is 32.2. The van der Waals surface area contributed by atoms with Gasteiger partial charge in [-0.2, -0.15) is 0 Å². The molecular formula is C30H33N3O5S. The van der Waals surface area contributed by atoms with Crippen molar-refractivity contribution in [3.8, 4) is 11.5 Å². The molecular weight excluding hydrogens is 514 g/mol. The molecule has 9 heteroatoms. The van der Waals surface area contributed by atoms with Crippen LogP contribution < -0.4 is 9.47 Å². The third kappa shape index (κ3) is 5.54. The zero-order chi connectivity index (χ0) is 27.4. The van der Waals surface area contributed by atoms with Gasteiger partial charge in [-0.3, -0.25) is 4.79 Å². The zero-order valence-electron chi connectivity index (χ0n) is 22.5. The van der Waals surface area contributed by atoms with E-state index in [-0.39, 0.29) is 12.3 Å². The molecule has 3 heterocycles. The monoisotopic (exact) mass is 547 g/mol. The number of thioether (sulfide) groups is 1. The van der Waals surface area contributed by atoms with Crippen LogP contribution in [0, 0.1) is 0 Å². The standard InChI is InChI=1S/C30H33N3O5S/c1-4-23-27(29(35)37-3)28(33-22(19-39-30(33)31-23)17-26(34)32-14-8-9-15-32)21-12-13-24(25(16-21)36-2)38-18-20-10-6-5-7-11-20/h5-7,10-13,16,19,28H,4,8-9,14-15,17-18H2,1-3H3/t28-/m0/s1. The topological polar surface area (TPSA) is 80.7 Å². The highest BCUT2D eigenvalue weighted by molar-refractivity contribution is 8.16. The average Bonchev–Trinajstić information content (AvgIpc) is 3.66. The predicted octanol–water partition coefficient (Wildman–Crippen LogP) is 5.42. The van der Waals surface area contributed by atoms with Crippen molar-refractivity contribution in [1.82, 2.24) is 9.80 Å². The van der Waals surface area contributed by atoms with Crippen molar-refractivity contribution in [1.29, 1.82) is 0 Å². The summed E-state index contributed by atoms with van der Waals surface area (Å²) in [4.78, 5) is 35.0. The van der Waals surface area contributed by atoms with Crippen molar-refractivity contribution in [3.63, 3.8) is 0 Å². The molecule has 0 unspecified atom stereocenters. The minimum Gasteiger partial charge on any atom is -0.493 e. The first-order valence-electron chi connectivity index (χ1n) is 13.2. The number of methoxy groups -OCH3 is 2. The molecule has 1 fully saturated rings. The quantitative estimate of drug-likeness (QED) is 0.388. The smallest absolute Gasteiger partial charge is 0.338 e. The first-order chi connectivity index (χ1) is 19.0. The maximum atomic E-state index is 13.2. The van der Waals surface area contributed by atoms with E-state index < -0.39 is 12.0 Å². The van der Waals surface area contributed by atoms with Crippen LogP contribution in [-0.2, 0) is 20.9 Å². The van der Waals surface area contributed by atoms with E-state index in [1.807, 2.05) is 70.7 Å². The Balaban J connectivity index is 1.50. The van der Waals surface area contributed by atoms with Crippen LogP contribution in [0.15, 0.2) is 75.9 Å². The summed E-state index contributed by atoms with van der Waals surface area (Å²) in [5.74, 6) is 0.807. The molecule has 0 spiro atoms. The fraction of sp³-hybridized carbons (Fsp3) is 0.367. The molecule has 0 bridgehead atoms. The van der Waals surface area contributed by atoms with Gasteiger partial charge in [-0.1, -0.05) is 55.1 Å². The van der Waals surface area contributed by atoms with E-state index in [0.717, 1.165) is 47.9 Å². The number of rotatable bonds is 9. The van der Waals surface area contributed by atoms with E-state index >= 15 is 0 Å². The number of likely N-dealkylation sites (tertiary alicyclic amines) is 1. The molecule has 1 atom stereocenters. The molecule has 1 amide bonds. The summed E-state index contributed by atoms with van der Waals surface area (Å²) >= 11 is 1.48. The van der Waals surface area contributed by atoms with Crippen LogP contribution in [0.5, 0.6) is 11.5 Å². The summed E-state index contributed by atoms with van der Waals surface area (Å²) < 4.78 is 17.0. The van der Waals surface area contributed by atoms with Crippen LogP contribution in [0.2, 0.25) is 0 Å². The molecule has 0 N–H and O–H groups in total. The summed E-state index contributed by atoms with van der Waals surface area (Å²) in [6, 6.07) is 15.1. The maximum absolute atomic E-state index is 13.2. The second-order valence-corrected chi connectivity index (χ2v) is 10.4. The van der Waals surface area contributed by atoms with Gasteiger partial charge < -0.3 is 24.0 Å². The Bertz CT molecular complexity index is 1330. The Morgan fingerprint density at radius 2 is 1.82 bits per heavy atom. The fourth-order valence-electron chi connectivity index (χ4n) is 5.17. The molecule has 2 aromatic carbocycles. The fourth-order valence-corrected chi connectivity index (χ4v) is 6.11. The Morgan fingerprint density at radius 1 is 1.05 bits per heavy atom. The predicted molar refractivity (Wildman–Crippen MR) is 151 cm³/mol. The van der Waals surface area contributed by atoms with Gasteiger partial charge in [-0.15, -0.1) is 0 Å². The van der Waals surface area contributed by atoms with Gasteiger partial charge in [0, 0.05) is 18.8 Å². The number of carbonyl (C=O) groups is 2. The summed E-state index contributed by atoms with van der Waals surface area (Å²) in [5, 5.41) is 2.72. The average molecular weight is 548 g/mol. The number of amidine groups is 1. The van der Waals surface area contributed by atoms with Gasteiger partial charge in [0.25, 0.3) is 0 Å². The number of esters is 1. The van der Waals surface area contributed by atoms with Crippen molar-refractivity contribution >= 4 is 28.8 Å². The normalized spacial score (nSPS) is 18.5. The Labute approximate surface area is 233 Å². The van der Waals surface area contributed by atoms with Crippen LogP contribution in [0.4, 0.5) is 0 Å². The minimum atomic E-state index is -0.524. The molecule has 2 aromatic rings. The molecule has 3 aliphatic rings. The highest BCUT2D eigenvalue weighted by Gasteiger charge is 2.42. The lowest BCUT2D eigenvalue weighted by Crippen LogP contribution is -2.38. The molecule has 0 aromatic heterocycles. The number of carbonyl (C=O) groups excluding carboxylic acids is 2. The van der Waals surface area contributed by atoms with Gasteiger partial charge in [0.15, 0.2) is 16.7 Å².